The van der Waals surface area contributed by atoms with Crippen LogP contribution in [0.3, 0.4) is 0 Å². The molecule has 0 radical (unpaired) electrons. The molecule has 66 valence electrons. The third-order valence-corrected chi connectivity index (χ3v) is 2.07. The van der Waals surface area contributed by atoms with Crippen molar-refractivity contribution in [2.24, 2.45) is 0 Å². The molecule has 1 rings (SSSR count). The lowest BCUT2D eigenvalue weighted by atomic mass is 10.0. The van der Waals surface area contributed by atoms with Gasteiger partial charge in [0.15, 0.2) is 5.22 Å². The van der Waals surface area contributed by atoms with E-state index in [2.05, 4.69) is 0 Å². The molecule has 0 aromatic carbocycles. The lowest BCUT2D eigenvalue weighted by Crippen LogP contribution is -1.95. The van der Waals surface area contributed by atoms with E-state index in [1.54, 1.807) is 6.07 Å². The topological polar surface area (TPSA) is 30.2 Å². The molecule has 0 N–H and O–H groups in total. The van der Waals surface area contributed by atoms with E-state index in [1.165, 1.54) is 0 Å². The minimum absolute atomic E-state index is 0.176. The second-order valence-electron chi connectivity index (χ2n) is 2.65. The van der Waals surface area contributed by atoms with Crippen LogP contribution in [0.1, 0.15) is 31.4 Å². The van der Waals surface area contributed by atoms with E-state index in [0.29, 0.717) is 11.6 Å². The van der Waals surface area contributed by atoms with Gasteiger partial charge in [-0.05, 0) is 30.2 Å². The number of hydrogen-bond donors (Lipinski definition) is 0. The molecule has 0 aliphatic heterocycles. The number of carbonyl (C=O) groups excluding carboxylic acids is 1. The summed E-state index contributed by atoms with van der Waals surface area (Å²) < 4.78 is 5.20. The predicted octanol–water partition coefficient (Wildman–Crippen LogP) is 3.02. The highest BCUT2D eigenvalue weighted by Gasteiger charge is 2.12. The van der Waals surface area contributed by atoms with Crippen molar-refractivity contribution in [2.45, 2.75) is 25.7 Å². The Kier molecular flexibility index (Phi) is 3.35. The number of rotatable bonds is 4. The molecule has 1 aromatic rings. The van der Waals surface area contributed by atoms with Crippen LogP contribution in [-0.2, 0) is 4.79 Å². The highest BCUT2D eigenvalue weighted by molar-refractivity contribution is 6.28. The van der Waals surface area contributed by atoms with E-state index >= 15 is 0 Å². The molecule has 1 aromatic heterocycles. The highest BCUT2D eigenvalue weighted by Crippen LogP contribution is 2.25. The largest absolute Gasteiger partial charge is 0.449 e. The van der Waals surface area contributed by atoms with Crippen molar-refractivity contribution in [2.75, 3.05) is 0 Å². The van der Waals surface area contributed by atoms with Crippen LogP contribution < -0.4 is 0 Å². The van der Waals surface area contributed by atoms with E-state index in [-0.39, 0.29) is 5.92 Å². The van der Waals surface area contributed by atoms with Crippen LogP contribution in [-0.4, -0.2) is 6.29 Å². The van der Waals surface area contributed by atoms with Crippen LogP contribution in [0, 0.1) is 0 Å². The summed E-state index contributed by atoms with van der Waals surface area (Å²) in [5, 5.41) is 0.384. The summed E-state index contributed by atoms with van der Waals surface area (Å²) in [4.78, 5) is 10.3. The smallest absolute Gasteiger partial charge is 0.193 e. The number of aldehydes is 1. The van der Waals surface area contributed by atoms with Gasteiger partial charge in [-0.25, -0.2) is 0 Å². The van der Waals surface area contributed by atoms with Crippen LogP contribution in [0.2, 0.25) is 5.22 Å². The predicted molar refractivity (Wildman–Crippen MR) is 47.4 cm³/mol. The third kappa shape index (κ3) is 2.11. The molecule has 1 atom stereocenters. The molecule has 0 saturated heterocycles. The molecule has 0 aliphatic rings. The van der Waals surface area contributed by atoms with Gasteiger partial charge in [0.25, 0.3) is 0 Å². The van der Waals surface area contributed by atoms with Crippen molar-refractivity contribution in [1.29, 1.82) is 0 Å². The molecule has 0 aliphatic carbocycles. The summed E-state index contributed by atoms with van der Waals surface area (Å²) >= 11 is 5.61. The Bertz CT molecular complexity index is 255. The number of hydrogen-bond acceptors (Lipinski definition) is 2. The molecule has 12 heavy (non-hydrogen) atoms. The Morgan fingerprint density at radius 1 is 1.67 bits per heavy atom. The van der Waals surface area contributed by atoms with E-state index in [1.807, 2.05) is 13.0 Å². The molecule has 1 unspecified atom stereocenters. The molecule has 3 heteroatoms. The molecule has 0 spiro atoms. The minimum Gasteiger partial charge on any atom is -0.449 e. The van der Waals surface area contributed by atoms with Crippen LogP contribution in [0.15, 0.2) is 16.5 Å². The zero-order chi connectivity index (χ0) is 8.97. The van der Waals surface area contributed by atoms with E-state index in [0.717, 1.165) is 18.5 Å². The van der Waals surface area contributed by atoms with Gasteiger partial charge >= 0.3 is 0 Å². The first-order chi connectivity index (χ1) is 5.77. The zero-order valence-electron chi connectivity index (χ0n) is 6.92. The van der Waals surface area contributed by atoms with E-state index in [9.17, 15) is 4.79 Å². The Morgan fingerprint density at radius 3 is 2.83 bits per heavy atom. The Morgan fingerprint density at radius 2 is 2.42 bits per heavy atom. The maximum atomic E-state index is 10.3. The normalized spacial score (nSPS) is 12.8. The van der Waals surface area contributed by atoms with Gasteiger partial charge in [-0.15, -0.1) is 0 Å². The van der Waals surface area contributed by atoms with Gasteiger partial charge in [-0.2, -0.15) is 0 Å². The van der Waals surface area contributed by atoms with Crippen molar-refractivity contribution in [3.8, 4) is 0 Å². The standard InChI is InChI=1S/C9H11ClO2/c1-2-7(5-6-11)8-3-4-9(10)12-8/h3-4,6-7H,2,5H2,1H3. The quantitative estimate of drug-likeness (QED) is 0.677. The average molecular weight is 187 g/mol. The third-order valence-electron chi connectivity index (χ3n) is 1.87. The van der Waals surface area contributed by atoms with Crippen LogP contribution in [0.4, 0.5) is 0 Å². The SMILES string of the molecule is CCC(CC=O)c1ccc(Cl)o1. The molecule has 1 heterocycles. The average Bonchev–Trinajstić information content (AvgIpc) is 2.47. The fourth-order valence-electron chi connectivity index (χ4n) is 1.15. The molecule has 0 amide bonds. The number of furan rings is 1. The van der Waals surface area contributed by atoms with Gasteiger partial charge in [-0.3, -0.25) is 0 Å². The van der Waals surface area contributed by atoms with Crippen molar-refractivity contribution < 1.29 is 9.21 Å². The van der Waals surface area contributed by atoms with Crippen molar-refractivity contribution in [3.05, 3.63) is 23.1 Å². The summed E-state index contributed by atoms with van der Waals surface area (Å²) in [7, 11) is 0. The summed E-state index contributed by atoms with van der Waals surface area (Å²) in [6.45, 7) is 2.02. The summed E-state index contributed by atoms with van der Waals surface area (Å²) in [5.74, 6) is 0.976. The summed E-state index contributed by atoms with van der Waals surface area (Å²) in [6.07, 6.45) is 2.30. The Balaban J connectivity index is 2.72. The van der Waals surface area contributed by atoms with Crippen LogP contribution >= 0.6 is 11.6 Å². The van der Waals surface area contributed by atoms with Gasteiger partial charge < -0.3 is 9.21 Å². The Labute approximate surface area is 76.5 Å². The van der Waals surface area contributed by atoms with Gasteiger partial charge in [0, 0.05) is 12.3 Å². The minimum atomic E-state index is 0.176. The van der Waals surface area contributed by atoms with Gasteiger partial charge in [0.1, 0.15) is 12.0 Å². The maximum absolute atomic E-state index is 10.3. The van der Waals surface area contributed by atoms with E-state index in [4.69, 9.17) is 16.0 Å². The molecule has 0 bridgehead atoms. The molecular weight excluding hydrogens is 176 g/mol. The molecule has 0 fully saturated rings. The maximum Gasteiger partial charge on any atom is 0.193 e. The van der Waals surface area contributed by atoms with Gasteiger partial charge in [0.05, 0.1) is 0 Å². The first kappa shape index (κ1) is 9.33. The first-order valence-corrected chi connectivity index (χ1v) is 4.34. The second-order valence-corrected chi connectivity index (χ2v) is 3.02. The molecule has 2 nitrogen and oxygen atoms in total. The zero-order valence-corrected chi connectivity index (χ0v) is 7.67. The van der Waals surface area contributed by atoms with Crippen LogP contribution in [0.25, 0.3) is 0 Å². The van der Waals surface area contributed by atoms with Crippen molar-refractivity contribution >= 4 is 17.9 Å². The second kappa shape index (κ2) is 4.31. The fraction of sp³-hybridized carbons (Fsp3) is 0.444. The number of carbonyl (C=O) groups is 1. The van der Waals surface area contributed by atoms with Crippen molar-refractivity contribution in [3.63, 3.8) is 0 Å². The summed E-state index contributed by atoms with van der Waals surface area (Å²) in [5.41, 5.74) is 0. The van der Waals surface area contributed by atoms with E-state index < -0.39 is 0 Å². The van der Waals surface area contributed by atoms with Gasteiger partial charge in [0.2, 0.25) is 0 Å². The summed E-state index contributed by atoms with van der Waals surface area (Å²) in [6, 6.07) is 3.52. The lowest BCUT2D eigenvalue weighted by molar-refractivity contribution is -0.108. The molecular formula is C9H11ClO2. The monoisotopic (exact) mass is 186 g/mol. The van der Waals surface area contributed by atoms with Crippen LogP contribution in [0.5, 0.6) is 0 Å². The highest BCUT2D eigenvalue weighted by atomic mass is 35.5. The number of halogens is 1. The van der Waals surface area contributed by atoms with Crippen molar-refractivity contribution in [1.82, 2.24) is 0 Å². The molecule has 0 saturated carbocycles. The van der Waals surface area contributed by atoms with Gasteiger partial charge in [-0.1, -0.05) is 6.92 Å². The Hall–Kier alpha value is -0.760. The fourth-order valence-corrected chi connectivity index (χ4v) is 1.30. The lowest BCUT2D eigenvalue weighted by Gasteiger charge is -2.06. The first-order valence-electron chi connectivity index (χ1n) is 3.96.